The molecule has 0 saturated heterocycles. The first kappa shape index (κ1) is 26.5. The predicted octanol–water partition coefficient (Wildman–Crippen LogP) is 6.06. The Morgan fingerprint density at radius 1 is 0.943 bits per heavy atom. The summed E-state index contributed by atoms with van der Waals surface area (Å²) in [4.78, 5) is 29.0. The van der Waals surface area contributed by atoms with E-state index in [4.69, 9.17) is 11.6 Å². The van der Waals surface area contributed by atoms with Crippen molar-refractivity contribution in [3.05, 3.63) is 106 Å². The Morgan fingerprint density at radius 3 is 2.40 bits per heavy atom. The quantitative estimate of drug-likeness (QED) is 0.332. The number of carbonyl (C=O) groups is 2. The van der Waals surface area contributed by atoms with E-state index in [9.17, 15) is 9.59 Å². The molecule has 3 rings (SSSR count). The first-order valence-corrected chi connectivity index (χ1v) is 12.7. The summed E-state index contributed by atoms with van der Waals surface area (Å²) in [6.07, 6.45) is 2.56. The van der Waals surface area contributed by atoms with Gasteiger partial charge < -0.3 is 10.2 Å². The van der Waals surface area contributed by atoms with Gasteiger partial charge in [-0.1, -0.05) is 91.2 Å². The average molecular weight is 491 g/mol. The Hall–Kier alpha value is -3.11. The lowest BCUT2D eigenvalue weighted by atomic mass is 9.99. The first-order chi connectivity index (χ1) is 16.9. The van der Waals surface area contributed by atoms with Gasteiger partial charge in [-0.05, 0) is 54.7 Å². The van der Waals surface area contributed by atoms with Gasteiger partial charge in [-0.15, -0.1) is 0 Å². The van der Waals surface area contributed by atoms with Crippen molar-refractivity contribution in [1.29, 1.82) is 0 Å². The molecule has 35 heavy (non-hydrogen) atoms. The Morgan fingerprint density at radius 2 is 1.69 bits per heavy atom. The van der Waals surface area contributed by atoms with E-state index in [1.807, 2.05) is 80.6 Å². The maximum atomic E-state index is 13.8. The number of carbonyl (C=O) groups excluding carboxylic acids is 2. The second-order valence-corrected chi connectivity index (χ2v) is 9.54. The van der Waals surface area contributed by atoms with E-state index in [1.54, 1.807) is 4.90 Å². The van der Waals surface area contributed by atoms with Crippen LogP contribution in [0, 0.1) is 13.8 Å². The number of hydrogen-bond donors (Lipinski definition) is 1. The maximum Gasteiger partial charge on any atom is 0.243 e. The van der Waals surface area contributed by atoms with Gasteiger partial charge in [0.05, 0.1) is 6.42 Å². The Balaban J connectivity index is 1.97. The Bertz CT molecular complexity index is 1130. The van der Waals surface area contributed by atoms with Gasteiger partial charge in [0.25, 0.3) is 0 Å². The number of unbranched alkanes of at least 4 members (excludes halogenated alkanes) is 1. The minimum absolute atomic E-state index is 0.0785. The summed E-state index contributed by atoms with van der Waals surface area (Å²) in [6, 6.07) is 22.9. The van der Waals surface area contributed by atoms with Crippen molar-refractivity contribution in [2.24, 2.45) is 0 Å². The Kier molecular flexibility index (Phi) is 9.92. The summed E-state index contributed by atoms with van der Waals surface area (Å²) >= 11 is 6.25. The second-order valence-electron chi connectivity index (χ2n) is 9.11. The van der Waals surface area contributed by atoms with Gasteiger partial charge in [-0.3, -0.25) is 9.59 Å². The summed E-state index contributed by atoms with van der Waals surface area (Å²) < 4.78 is 0. The smallest absolute Gasteiger partial charge is 0.243 e. The number of hydrogen-bond acceptors (Lipinski definition) is 2. The molecule has 0 aliphatic carbocycles. The van der Waals surface area contributed by atoms with Crippen molar-refractivity contribution in [1.82, 2.24) is 10.2 Å². The zero-order valence-corrected chi connectivity index (χ0v) is 21.6. The summed E-state index contributed by atoms with van der Waals surface area (Å²) in [6.45, 7) is 7.03. The zero-order valence-electron chi connectivity index (χ0n) is 20.9. The zero-order chi connectivity index (χ0) is 25.2. The molecule has 0 heterocycles. The van der Waals surface area contributed by atoms with Crippen LogP contribution in [0.1, 0.15) is 47.6 Å². The maximum absolute atomic E-state index is 13.8. The summed E-state index contributed by atoms with van der Waals surface area (Å²) in [5, 5.41) is 3.67. The van der Waals surface area contributed by atoms with Crippen molar-refractivity contribution >= 4 is 23.4 Å². The van der Waals surface area contributed by atoms with Gasteiger partial charge in [-0.2, -0.15) is 0 Å². The lowest BCUT2D eigenvalue weighted by molar-refractivity contribution is -0.140. The molecule has 3 aromatic rings. The van der Waals surface area contributed by atoms with Crippen LogP contribution < -0.4 is 5.32 Å². The molecule has 3 aromatic carbocycles. The molecule has 5 heteroatoms. The van der Waals surface area contributed by atoms with E-state index in [0.717, 1.165) is 40.7 Å². The summed E-state index contributed by atoms with van der Waals surface area (Å²) in [5.74, 6) is -0.205. The first-order valence-electron chi connectivity index (χ1n) is 12.3. The van der Waals surface area contributed by atoms with Crippen molar-refractivity contribution in [3.8, 4) is 0 Å². The molecule has 1 atom stereocenters. The topological polar surface area (TPSA) is 49.4 Å². The fourth-order valence-corrected chi connectivity index (χ4v) is 4.36. The molecular weight excluding hydrogens is 456 g/mol. The van der Waals surface area contributed by atoms with Crippen LogP contribution >= 0.6 is 11.6 Å². The number of halogens is 1. The highest BCUT2D eigenvalue weighted by atomic mass is 35.5. The fourth-order valence-electron chi connectivity index (χ4n) is 4.15. The fraction of sp³-hybridized carbons (Fsp3) is 0.333. The summed E-state index contributed by atoms with van der Waals surface area (Å²) in [5.41, 5.74) is 5.07. The molecule has 1 N–H and O–H groups in total. The monoisotopic (exact) mass is 490 g/mol. The lowest BCUT2D eigenvalue weighted by Crippen LogP contribution is -2.51. The van der Waals surface area contributed by atoms with E-state index < -0.39 is 6.04 Å². The highest BCUT2D eigenvalue weighted by molar-refractivity contribution is 6.30. The van der Waals surface area contributed by atoms with Gasteiger partial charge in [0, 0.05) is 24.5 Å². The molecule has 0 aliphatic heterocycles. The van der Waals surface area contributed by atoms with E-state index in [2.05, 4.69) is 18.3 Å². The molecule has 4 nitrogen and oxygen atoms in total. The second kappa shape index (κ2) is 13.1. The molecule has 0 aliphatic rings. The number of benzene rings is 3. The van der Waals surface area contributed by atoms with E-state index in [1.165, 1.54) is 0 Å². The largest absolute Gasteiger partial charge is 0.354 e. The van der Waals surface area contributed by atoms with Crippen molar-refractivity contribution in [2.45, 2.75) is 59.0 Å². The third-order valence-electron chi connectivity index (χ3n) is 6.19. The number of nitrogens with zero attached hydrogens (tertiary/aromatic N) is 1. The molecule has 0 saturated carbocycles. The number of nitrogens with one attached hydrogen (secondary N) is 1. The third kappa shape index (κ3) is 7.97. The van der Waals surface area contributed by atoms with Crippen LogP contribution in [0.2, 0.25) is 5.02 Å². The minimum atomic E-state index is -0.633. The SMILES string of the molecule is CCCCNC(=O)[C@@H](Cc1ccccc1)N(Cc1cccc(Cl)c1)C(=O)Cc1cc(C)ccc1C. The van der Waals surface area contributed by atoms with Crippen LogP contribution in [-0.2, 0) is 29.0 Å². The van der Waals surface area contributed by atoms with Crippen molar-refractivity contribution < 1.29 is 9.59 Å². The Labute approximate surface area is 214 Å². The predicted molar refractivity (Wildman–Crippen MR) is 143 cm³/mol. The van der Waals surface area contributed by atoms with Crippen LogP contribution in [0.3, 0.4) is 0 Å². The molecule has 0 spiro atoms. The molecule has 184 valence electrons. The van der Waals surface area contributed by atoms with E-state index in [0.29, 0.717) is 24.5 Å². The standard InChI is InChI=1S/C30H35ClN2O2/c1-4-5-16-32-30(35)28(19-24-10-7-6-8-11-24)33(21-25-12-9-13-27(31)18-25)29(34)20-26-17-22(2)14-15-23(26)3/h6-15,17-18,28H,4-5,16,19-21H2,1-3H3,(H,32,35)/t28-/m1/s1. The molecule has 0 unspecified atom stereocenters. The lowest BCUT2D eigenvalue weighted by Gasteiger charge is -2.32. The average Bonchev–Trinajstić information content (AvgIpc) is 2.84. The normalized spacial score (nSPS) is 11.7. The molecule has 0 bridgehead atoms. The highest BCUT2D eigenvalue weighted by Gasteiger charge is 2.30. The van der Waals surface area contributed by atoms with Gasteiger partial charge in [0.2, 0.25) is 11.8 Å². The van der Waals surface area contributed by atoms with Gasteiger partial charge in [0.15, 0.2) is 0 Å². The molecular formula is C30H35ClN2O2. The van der Waals surface area contributed by atoms with Crippen LogP contribution in [0.5, 0.6) is 0 Å². The van der Waals surface area contributed by atoms with Crippen LogP contribution in [-0.4, -0.2) is 29.3 Å². The number of aryl methyl sites for hydroxylation is 2. The van der Waals surface area contributed by atoms with Crippen LogP contribution in [0.15, 0.2) is 72.8 Å². The van der Waals surface area contributed by atoms with Crippen molar-refractivity contribution in [2.75, 3.05) is 6.54 Å². The van der Waals surface area contributed by atoms with Crippen LogP contribution in [0.25, 0.3) is 0 Å². The van der Waals surface area contributed by atoms with Crippen molar-refractivity contribution in [3.63, 3.8) is 0 Å². The van der Waals surface area contributed by atoms with Gasteiger partial charge in [0.1, 0.15) is 6.04 Å². The van der Waals surface area contributed by atoms with Gasteiger partial charge >= 0.3 is 0 Å². The molecule has 2 amide bonds. The summed E-state index contributed by atoms with van der Waals surface area (Å²) in [7, 11) is 0. The number of amides is 2. The van der Waals surface area contributed by atoms with Gasteiger partial charge in [-0.25, -0.2) is 0 Å². The molecule has 0 radical (unpaired) electrons. The molecule has 0 fully saturated rings. The van der Waals surface area contributed by atoms with E-state index in [-0.39, 0.29) is 18.2 Å². The minimum Gasteiger partial charge on any atom is -0.354 e. The molecule has 0 aromatic heterocycles. The highest BCUT2D eigenvalue weighted by Crippen LogP contribution is 2.20. The number of rotatable bonds is 11. The van der Waals surface area contributed by atoms with Crippen LogP contribution in [0.4, 0.5) is 0 Å². The van der Waals surface area contributed by atoms with E-state index >= 15 is 0 Å². The third-order valence-corrected chi connectivity index (χ3v) is 6.42.